The van der Waals surface area contributed by atoms with Gasteiger partial charge in [-0.1, -0.05) is 0 Å². The first-order chi connectivity index (χ1) is 12.3. The maximum atomic E-state index is 10.3. The van der Waals surface area contributed by atoms with E-state index < -0.39 is 5.60 Å². The average Bonchev–Trinajstić information content (AvgIpc) is 3.01. The molecular weight excluding hydrogens is 330 g/mol. The number of ether oxygens (including phenoxy) is 1. The van der Waals surface area contributed by atoms with Crippen molar-refractivity contribution in [3.63, 3.8) is 0 Å². The zero-order valence-electron chi connectivity index (χ0n) is 15.6. The van der Waals surface area contributed by atoms with Crippen LogP contribution < -0.4 is 10.1 Å². The molecule has 7 heteroatoms. The minimum atomic E-state index is -1.04. The standard InChI is InChI=1S/C19H23N5O2/c1-12-9-20-18(23-17(12)19(3,4)25)22-14-6-7-15(16(8-14)26-5)24-10-13(2)21-11-24/h6-11,25H,1-5H3,(H,20,22,23). The second kappa shape index (κ2) is 6.76. The molecular formula is C19H23N5O2. The maximum absolute atomic E-state index is 10.3. The first-order valence-electron chi connectivity index (χ1n) is 8.30. The second-order valence-corrected chi connectivity index (χ2v) is 6.72. The Kier molecular flexibility index (Phi) is 4.65. The lowest BCUT2D eigenvalue weighted by atomic mass is 10.0. The lowest BCUT2D eigenvalue weighted by Crippen LogP contribution is -2.20. The summed E-state index contributed by atoms with van der Waals surface area (Å²) in [4.78, 5) is 13.0. The fourth-order valence-corrected chi connectivity index (χ4v) is 2.77. The van der Waals surface area contributed by atoms with E-state index in [1.54, 1.807) is 33.5 Å². The van der Waals surface area contributed by atoms with Crippen molar-refractivity contribution in [3.05, 3.63) is 53.9 Å². The van der Waals surface area contributed by atoms with Gasteiger partial charge in [-0.15, -0.1) is 0 Å². The molecule has 0 unspecified atom stereocenters. The third-order valence-corrected chi connectivity index (χ3v) is 3.98. The van der Waals surface area contributed by atoms with Crippen LogP contribution in [0.1, 0.15) is 30.8 Å². The zero-order chi connectivity index (χ0) is 18.9. The maximum Gasteiger partial charge on any atom is 0.227 e. The van der Waals surface area contributed by atoms with Crippen LogP contribution in [0.15, 0.2) is 36.9 Å². The van der Waals surface area contributed by atoms with Gasteiger partial charge in [0.15, 0.2) is 0 Å². The van der Waals surface area contributed by atoms with Crippen molar-refractivity contribution in [3.8, 4) is 11.4 Å². The monoisotopic (exact) mass is 353 g/mol. The lowest BCUT2D eigenvalue weighted by molar-refractivity contribution is 0.0731. The minimum absolute atomic E-state index is 0.418. The molecule has 26 heavy (non-hydrogen) atoms. The van der Waals surface area contributed by atoms with Crippen LogP contribution in [-0.2, 0) is 5.60 Å². The molecule has 3 rings (SSSR count). The molecule has 0 aliphatic rings. The molecule has 0 fully saturated rings. The number of aliphatic hydroxyl groups is 1. The number of imidazole rings is 1. The third kappa shape index (κ3) is 3.67. The van der Waals surface area contributed by atoms with E-state index in [-0.39, 0.29) is 0 Å². The van der Waals surface area contributed by atoms with Gasteiger partial charge in [-0.05, 0) is 45.4 Å². The van der Waals surface area contributed by atoms with Gasteiger partial charge in [-0.2, -0.15) is 0 Å². The highest BCUT2D eigenvalue weighted by molar-refractivity contribution is 5.62. The molecule has 0 radical (unpaired) electrons. The van der Waals surface area contributed by atoms with Gasteiger partial charge in [-0.25, -0.2) is 15.0 Å². The summed E-state index contributed by atoms with van der Waals surface area (Å²) in [5.41, 5.74) is 3.00. The summed E-state index contributed by atoms with van der Waals surface area (Å²) in [6, 6.07) is 5.73. The van der Waals surface area contributed by atoms with Crippen molar-refractivity contribution in [2.75, 3.05) is 12.4 Å². The Labute approximate surface area is 152 Å². The summed E-state index contributed by atoms with van der Waals surface area (Å²) in [6.45, 7) is 7.23. The van der Waals surface area contributed by atoms with Crippen molar-refractivity contribution >= 4 is 11.6 Å². The SMILES string of the molecule is COc1cc(Nc2ncc(C)c(C(C)(C)O)n2)ccc1-n1cnc(C)c1. The normalized spacial score (nSPS) is 11.5. The van der Waals surface area contributed by atoms with Crippen molar-refractivity contribution in [1.82, 2.24) is 19.5 Å². The first-order valence-corrected chi connectivity index (χ1v) is 8.30. The molecule has 136 valence electrons. The van der Waals surface area contributed by atoms with Crippen molar-refractivity contribution in [2.24, 2.45) is 0 Å². The Morgan fingerprint density at radius 2 is 1.96 bits per heavy atom. The van der Waals surface area contributed by atoms with Crippen LogP contribution in [0.2, 0.25) is 0 Å². The van der Waals surface area contributed by atoms with Gasteiger partial charge in [0, 0.05) is 24.1 Å². The molecule has 0 saturated heterocycles. The van der Waals surface area contributed by atoms with Gasteiger partial charge in [0.1, 0.15) is 11.4 Å². The highest BCUT2D eigenvalue weighted by Crippen LogP contribution is 2.28. The number of anilines is 2. The molecule has 0 spiro atoms. The topological polar surface area (TPSA) is 85.1 Å². The van der Waals surface area contributed by atoms with Crippen molar-refractivity contribution in [2.45, 2.75) is 33.3 Å². The molecule has 3 aromatic rings. The number of hydrogen-bond donors (Lipinski definition) is 2. The smallest absolute Gasteiger partial charge is 0.227 e. The quantitative estimate of drug-likeness (QED) is 0.732. The van der Waals surface area contributed by atoms with Crippen molar-refractivity contribution < 1.29 is 9.84 Å². The number of aryl methyl sites for hydroxylation is 2. The molecule has 7 nitrogen and oxygen atoms in total. The van der Waals surface area contributed by atoms with Crippen LogP contribution in [-0.4, -0.2) is 31.7 Å². The van der Waals surface area contributed by atoms with E-state index in [2.05, 4.69) is 20.3 Å². The highest BCUT2D eigenvalue weighted by atomic mass is 16.5. The van der Waals surface area contributed by atoms with Crippen LogP contribution in [0.3, 0.4) is 0 Å². The first kappa shape index (κ1) is 17.9. The van der Waals surface area contributed by atoms with E-state index in [4.69, 9.17) is 4.74 Å². The third-order valence-electron chi connectivity index (χ3n) is 3.98. The zero-order valence-corrected chi connectivity index (χ0v) is 15.6. The molecule has 0 bridgehead atoms. The fourth-order valence-electron chi connectivity index (χ4n) is 2.77. The lowest BCUT2D eigenvalue weighted by Gasteiger charge is -2.19. The Hall–Kier alpha value is -2.93. The molecule has 2 N–H and O–H groups in total. The van der Waals surface area contributed by atoms with Crippen LogP contribution >= 0.6 is 0 Å². The number of aromatic nitrogens is 4. The molecule has 0 aliphatic carbocycles. The largest absolute Gasteiger partial charge is 0.494 e. The number of nitrogens with one attached hydrogen (secondary N) is 1. The summed E-state index contributed by atoms with van der Waals surface area (Å²) < 4.78 is 7.42. The highest BCUT2D eigenvalue weighted by Gasteiger charge is 2.21. The van der Waals surface area contributed by atoms with Crippen LogP contribution in [0.25, 0.3) is 5.69 Å². The molecule has 0 aliphatic heterocycles. The predicted octanol–water partition coefficient (Wildman–Crippen LogP) is 3.26. The Balaban J connectivity index is 1.92. The van der Waals surface area contributed by atoms with Crippen LogP contribution in [0.4, 0.5) is 11.6 Å². The summed E-state index contributed by atoms with van der Waals surface area (Å²) in [6.07, 6.45) is 5.38. The minimum Gasteiger partial charge on any atom is -0.494 e. The van der Waals surface area contributed by atoms with Crippen LogP contribution in [0, 0.1) is 13.8 Å². The Bertz CT molecular complexity index is 928. The van der Waals surface area contributed by atoms with Gasteiger partial charge in [0.2, 0.25) is 5.95 Å². The van der Waals surface area contributed by atoms with Crippen molar-refractivity contribution in [1.29, 1.82) is 0 Å². The summed E-state index contributed by atoms with van der Waals surface area (Å²) in [7, 11) is 1.63. The summed E-state index contributed by atoms with van der Waals surface area (Å²) in [5, 5.41) is 13.4. The average molecular weight is 353 g/mol. The summed E-state index contributed by atoms with van der Waals surface area (Å²) in [5.74, 6) is 1.11. The molecule has 0 saturated carbocycles. The van der Waals surface area contributed by atoms with E-state index in [1.807, 2.05) is 42.8 Å². The molecule has 1 aromatic carbocycles. The van der Waals surface area contributed by atoms with E-state index in [0.717, 1.165) is 22.6 Å². The number of methoxy groups -OCH3 is 1. The predicted molar refractivity (Wildman–Crippen MR) is 100 cm³/mol. The molecule has 0 amide bonds. The number of hydrogen-bond acceptors (Lipinski definition) is 6. The van der Waals surface area contributed by atoms with Gasteiger partial charge in [-0.3, -0.25) is 0 Å². The van der Waals surface area contributed by atoms with E-state index in [9.17, 15) is 5.11 Å². The van der Waals surface area contributed by atoms with Gasteiger partial charge in [0.05, 0.1) is 30.5 Å². The van der Waals surface area contributed by atoms with Gasteiger partial charge >= 0.3 is 0 Å². The second-order valence-electron chi connectivity index (χ2n) is 6.72. The van der Waals surface area contributed by atoms with E-state index in [0.29, 0.717) is 17.4 Å². The van der Waals surface area contributed by atoms with Crippen LogP contribution in [0.5, 0.6) is 5.75 Å². The number of rotatable bonds is 5. The van der Waals surface area contributed by atoms with Gasteiger partial charge < -0.3 is 19.7 Å². The van der Waals surface area contributed by atoms with Gasteiger partial charge in [0.25, 0.3) is 0 Å². The fraction of sp³-hybridized carbons (Fsp3) is 0.316. The molecule has 2 heterocycles. The number of nitrogens with zero attached hydrogens (tertiary/aromatic N) is 4. The summed E-state index contributed by atoms with van der Waals surface area (Å²) >= 11 is 0. The Morgan fingerprint density at radius 3 is 2.58 bits per heavy atom. The van der Waals surface area contributed by atoms with E-state index in [1.165, 1.54) is 0 Å². The molecule has 2 aromatic heterocycles. The van der Waals surface area contributed by atoms with E-state index >= 15 is 0 Å². The Morgan fingerprint density at radius 1 is 1.19 bits per heavy atom. The molecule has 0 atom stereocenters. The number of benzene rings is 1.